The minimum absolute atomic E-state index is 0.337. The zero-order valence-electron chi connectivity index (χ0n) is 12.7. The van der Waals surface area contributed by atoms with Crippen LogP contribution in [0.4, 0.5) is 5.69 Å². The van der Waals surface area contributed by atoms with Crippen molar-refractivity contribution in [2.75, 3.05) is 0 Å². The number of H-pyrrole nitrogens is 1. The monoisotopic (exact) mass is 316 g/mol. The van der Waals surface area contributed by atoms with Crippen LogP contribution in [0.15, 0.2) is 41.2 Å². The lowest BCUT2D eigenvalue weighted by atomic mass is 9.97. The van der Waals surface area contributed by atoms with Gasteiger partial charge in [-0.3, -0.25) is 19.7 Å². The van der Waals surface area contributed by atoms with Crippen LogP contribution in [0.1, 0.15) is 30.5 Å². The largest absolute Gasteiger partial charge is 0.418 e. The van der Waals surface area contributed by atoms with Gasteiger partial charge in [-0.2, -0.15) is 0 Å². The maximum Gasteiger partial charge on any atom is 0.376 e. The normalized spacial score (nSPS) is 11.7. The molecule has 0 aliphatic heterocycles. The van der Waals surface area contributed by atoms with Gasteiger partial charge in [-0.1, -0.05) is 37.3 Å². The summed E-state index contributed by atoms with van der Waals surface area (Å²) in [6, 6.07) is 10.3. The first-order chi connectivity index (χ1) is 10.9. The number of aromatic nitrogens is 1. The third-order valence-electron chi connectivity index (χ3n) is 3.39. The molecule has 7 heteroatoms. The molecule has 0 bridgehead atoms. The van der Waals surface area contributed by atoms with Crippen LogP contribution in [0.5, 0.6) is 5.75 Å². The van der Waals surface area contributed by atoms with Crippen LogP contribution in [-0.2, 0) is 4.79 Å². The maximum absolute atomic E-state index is 12.4. The van der Waals surface area contributed by atoms with E-state index in [9.17, 15) is 19.7 Å². The van der Waals surface area contributed by atoms with Gasteiger partial charge in [0.2, 0.25) is 5.75 Å². The van der Waals surface area contributed by atoms with E-state index in [-0.39, 0.29) is 5.75 Å². The number of aromatic amines is 1. The number of pyridine rings is 1. The summed E-state index contributed by atoms with van der Waals surface area (Å²) >= 11 is 0. The van der Waals surface area contributed by atoms with Crippen LogP contribution in [0, 0.1) is 17.0 Å². The fraction of sp³-hybridized carbons (Fsp3) is 0.250. The Balaban J connectivity index is 2.36. The SMILES string of the molecule is CC[C@H](C(=O)Oc1cc(C)[nH]c(=O)c1[N+](=O)[O-])c1ccccc1. The Kier molecular flexibility index (Phi) is 4.90. The van der Waals surface area contributed by atoms with E-state index in [0.717, 1.165) is 5.56 Å². The molecule has 23 heavy (non-hydrogen) atoms. The topological polar surface area (TPSA) is 102 Å². The fourth-order valence-electron chi connectivity index (χ4n) is 2.31. The number of nitrogens with one attached hydrogen (secondary N) is 1. The zero-order chi connectivity index (χ0) is 17.0. The van der Waals surface area contributed by atoms with Gasteiger partial charge in [0.1, 0.15) is 0 Å². The number of hydrogen-bond donors (Lipinski definition) is 1. The lowest BCUT2D eigenvalue weighted by molar-refractivity contribution is -0.387. The summed E-state index contributed by atoms with van der Waals surface area (Å²) in [4.78, 5) is 36.6. The summed E-state index contributed by atoms with van der Waals surface area (Å²) in [7, 11) is 0. The Morgan fingerprint density at radius 2 is 2.00 bits per heavy atom. The van der Waals surface area contributed by atoms with Crippen molar-refractivity contribution >= 4 is 11.7 Å². The van der Waals surface area contributed by atoms with Crippen LogP contribution in [0.3, 0.4) is 0 Å². The minimum Gasteiger partial charge on any atom is -0.418 e. The standard InChI is InChI=1S/C16H16N2O5/c1-3-12(11-7-5-4-6-8-11)16(20)23-13-9-10(2)17-15(19)14(13)18(21)22/h4-9,12H,3H2,1-2H3,(H,17,19)/t12-/m0/s1. The molecule has 120 valence electrons. The highest BCUT2D eigenvalue weighted by Gasteiger charge is 2.27. The molecular weight excluding hydrogens is 300 g/mol. The molecule has 0 radical (unpaired) electrons. The molecule has 0 spiro atoms. The van der Waals surface area contributed by atoms with Crippen LogP contribution in [0.2, 0.25) is 0 Å². The first-order valence-electron chi connectivity index (χ1n) is 7.09. The molecule has 1 aromatic carbocycles. The molecule has 1 N–H and O–H groups in total. The molecule has 1 heterocycles. The third kappa shape index (κ3) is 3.63. The Morgan fingerprint density at radius 3 is 2.57 bits per heavy atom. The first-order valence-corrected chi connectivity index (χ1v) is 7.09. The number of aryl methyl sites for hydroxylation is 1. The van der Waals surface area contributed by atoms with Crippen molar-refractivity contribution in [2.45, 2.75) is 26.2 Å². The molecular formula is C16H16N2O5. The predicted octanol–water partition coefficient (Wildman–Crippen LogP) is 2.69. The quantitative estimate of drug-likeness (QED) is 0.519. The maximum atomic E-state index is 12.4. The molecule has 0 saturated heterocycles. The molecule has 0 aliphatic rings. The number of carbonyl (C=O) groups excluding carboxylic acids is 1. The van der Waals surface area contributed by atoms with Gasteiger partial charge in [-0.25, -0.2) is 0 Å². The van der Waals surface area contributed by atoms with Gasteiger partial charge in [0, 0.05) is 11.8 Å². The van der Waals surface area contributed by atoms with Crippen LogP contribution < -0.4 is 10.3 Å². The van der Waals surface area contributed by atoms with Crippen molar-refractivity contribution in [3.05, 3.63) is 68.1 Å². The van der Waals surface area contributed by atoms with E-state index in [4.69, 9.17) is 4.74 Å². The lowest BCUT2D eigenvalue weighted by Gasteiger charge is -2.14. The number of carbonyl (C=O) groups is 1. The molecule has 1 atom stereocenters. The second kappa shape index (κ2) is 6.87. The number of hydrogen-bond acceptors (Lipinski definition) is 5. The second-order valence-electron chi connectivity index (χ2n) is 5.04. The highest BCUT2D eigenvalue weighted by molar-refractivity contribution is 5.81. The number of nitrogens with zero attached hydrogens (tertiary/aromatic N) is 1. The van der Waals surface area contributed by atoms with E-state index in [1.54, 1.807) is 31.2 Å². The van der Waals surface area contributed by atoms with Crippen LogP contribution >= 0.6 is 0 Å². The van der Waals surface area contributed by atoms with Crippen molar-refractivity contribution in [2.24, 2.45) is 0 Å². The summed E-state index contributed by atoms with van der Waals surface area (Å²) in [5.74, 6) is -1.53. The molecule has 0 aliphatic carbocycles. The summed E-state index contributed by atoms with van der Waals surface area (Å²) in [6.07, 6.45) is 0.471. The van der Waals surface area contributed by atoms with Crippen molar-refractivity contribution in [3.8, 4) is 5.75 Å². The molecule has 0 unspecified atom stereocenters. The van der Waals surface area contributed by atoms with E-state index < -0.39 is 28.1 Å². The molecule has 1 aromatic heterocycles. The van der Waals surface area contributed by atoms with Gasteiger partial charge in [-0.15, -0.1) is 0 Å². The Morgan fingerprint density at radius 1 is 1.35 bits per heavy atom. The van der Waals surface area contributed by atoms with Crippen molar-refractivity contribution in [1.82, 2.24) is 4.98 Å². The Hall–Kier alpha value is -2.96. The summed E-state index contributed by atoms with van der Waals surface area (Å²) in [6.45, 7) is 3.37. The number of benzene rings is 1. The smallest absolute Gasteiger partial charge is 0.376 e. The van der Waals surface area contributed by atoms with Gasteiger partial charge in [0.15, 0.2) is 0 Å². The van der Waals surface area contributed by atoms with E-state index >= 15 is 0 Å². The van der Waals surface area contributed by atoms with Gasteiger partial charge in [-0.05, 0) is 18.9 Å². The highest BCUT2D eigenvalue weighted by atomic mass is 16.6. The molecule has 0 saturated carbocycles. The van der Waals surface area contributed by atoms with Gasteiger partial charge >= 0.3 is 17.2 Å². The third-order valence-corrected chi connectivity index (χ3v) is 3.39. The van der Waals surface area contributed by atoms with Crippen LogP contribution in [0.25, 0.3) is 0 Å². The van der Waals surface area contributed by atoms with E-state index in [1.807, 2.05) is 13.0 Å². The molecule has 7 nitrogen and oxygen atoms in total. The number of esters is 1. The summed E-state index contributed by atoms with van der Waals surface area (Å²) < 4.78 is 5.18. The molecule has 0 fully saturated rings. The van der Waals surface area contributed by atoms with Gasteiger partial charge < -0.3 is 9.72 Å². The molecule has 0 amide bonds. The average molecular weight is 316 g/mol. The number of ether oxygens (including phenoxy) is 1. The van der Waals surface area contributed by atoms with E-state index in [1.165, 1.54) is 6.07 Å². The summed E-state index contributed by atoms with van der Waals surface area (Å²) in [5.41, 5.74) is -0.544. The Labute approximate surface area is 132 Å². The second-order valence-corrected chi connectivity index (χ2v) is 5.04. The Bertz CT molecular complexity index is 783. The predicted molar refractivity (Wildman–Crippen MR) is 83.6 cm³/mol. The van der Waals surface area contributed by atoms with Crippen molar-refractivity contribution in [3.63, 3.8) is 0 Å². The highest BCUT2D eigenvalue weighted by Crippen LogP contribution is 2.27. The lowest BCUT2D eigenvalue weighted by Crippen LogP contribution is -2.21. The van der Waals surface area contributed by atoms with Gasteiger partial charge in [0.25, 0.3) is 0 Å². The van der Waals surface area contributed by atoms with Crippen LogP contribution in [-0.4, -0.2) is 15.9 Å². The molecule has 2 rings (SSSR count). The fourth-order valence-corrected chi connectivity index (χ4v) is 2.31. The van der Waals surface area contributed by atoms with E-state index in [0.29, 0.717) is 12.1 Å². The first kappa shape index (κ1) is 16.4. The minimum atomic E-state index is -0.898. The van der Waals surface area contributed by atoms with Gasteiger partial charge in [0.05, 0.1) is 10.8 Å². The van der Waals surface area contributed by atoms with E-state index in [2.05, 4.69) is 4.98 Å². The van der Waals surface area contributed by atoms with Crippen molar-refractivity contribution in [1.29, 1.82) is 0 Å². The van der Waals surface area contributed by atoms with Crippen molar-refractivity contribution < 1.29 is 14.5 Å². The zero-order valence-corrected chi connectivity index (χ0v) is 12.7. The summed E-state index contributed by atoms with van der Waals surface area (Å²) in [5, 5.41) is 11.0. The number of nitro groups is 1. The average Bonchev–Trinajstić information content (AvgIpc) is 2.47. The number of rotatable bonds is 5. The molecule has 2 aromatic rings.